The molecule has 1 amide bonds. The van der Waals surface area contributed by atoms with Crippen LogP contribution in [0, 0.1) is 17.8 Å². The molecule has 102 valence electrons. The molecule has 0 heterocycles. The van der Waals surface area contributed by atoms with Crippen molar-refractivity contribution in [3.63, 3.8) is 0 Å². The average Bonchev–Trinajstić information content (AvgIpc) is 2.96. The predicted molar refractivity (Wildman–Crippen MR) is 79.8 cm³/mol. The van der Waals surface area contributed by atoms with Crippen molar-refractivity contribution in [1.82, 2.24) is 5.32 Å². The number of carbonyl (C=O) groups is 1. The number of anilines is 1. The summed E-state index contributed by atoms with van der Waals surface area (Å²) in [4.78, 5) is 12.1. The molecule has 2 aliphatic rings. The fourth-order valence-electron chi connectivity index (χ4n) is 3.70. The van der Waals surface area contributed by atoms with Gasteiger partial charge in [-0.05, 0) is 55.2 Å². The van der Waals surface area contributed by atoms with Crippen molar-refractivity contribution in [3.05, 3.63) is 28.2 Å². The van der Waals surface area contributed by atoms with Gasteiger partial charge in [-0.15, -0.1) is 0 Å². The van der Waals surface area contributed by atoms with Crippen molar-refractivity contribution in [2.75, 3.05) is 12.3 Å². The molecule has 3 rings (SSSR count). The maximum atomic E-state index is 12.1. The lowest BCUT2D eigenvalue weighted by atomic mass is 9.89. The first-order chi connectivity index (χ1) is 9.11. The second-order valence-electron chi connectivity index (χ2n) is 5.92. The van der Waals surface area contributed by atoms with E-state index in [9.17, 15) is 4.79 Å². The van der Waals surface area contributed by atoms with Gasteiger partial charge >= 0.3 is 0 Å². The molecule has 1 aromatic rings. The first kappa shape index (κ1) is 13.0. The van der Waals surface area contributed by atoms with Gasteiger partial charge in [-0.2, -0.15) is 0 Å². The van der Waals surface area contributed by atoms with E-state index in [4.69, 9.17) is 5.73 Å². The summed E-state index contributed by atoms with van der Waals surface area (Å²) in [7, 11) is 0. The third kappa shape index (κ3) is 2.78. The van der Waals surface area contributed by atoms with Gasteiger partial charge in [-0.25, -0.2) is 0 Å². The normalized spacial score (nSPS) is 28.6. The number of fused-ring (bicyclic) bond motifs is 2. The first-order valence-corrected chi connectivity index (χ1v) is 7.75. The summed E-state index contributed by atoms with van der Waals surface area (Å²) in [6.45, 7) is 0.812. The van der Waals surface area contributed by atoms with Crippen molar-refractivity contribution in [2.24, 2.45) is 17.8 Å². The van der Waals surface area contributed by atoms with Gasteiger partial charge in [0.25, 0.3) is 5.91 Å². The summed E-state index contributed by atoms with van der Waals surface area (Å²) in [6.07, 6.45) is 5.43. The molecule has 0 aliphatic heterocycles. The van der Waals surface area contributed by atoms with Crippen LogP contribution in [0.1, 0.15) is 36.0 Å². The van der Waals surface area contributed by atoms with E-state index < -0.39 is 0 Å². The molecule has 3 N–H and O–H groups in total. The molecule has 0 spiro atoms. The highest BCUT2D eigenvalue weighted by Crippen LogP contribution is 2.47. The number of nitrogen functional groups attached to an aromatic ring is 1. The molecule has 3 unspecified atom stereocenters. The number of nitrogens with one attached hydrogen (secondary N) is 1. The predicted octanol–water partition coefficient (Wildman–Crippen LogP) is 3.20. The lowest BCUT2D eigenvalue weighted by Gasteiger charge is -2.21. The highest BCUT2D eigenvalue weighted by molar-refractivity contribution is 9.10. The summed E-state index contributed by atoms with van der Waals surface area (Å²) in [6, 6.07) is 5.33. The number of hydrogen-bond donors (Lipinski definition) is 2. The molecule has 2 fully saturated rings. The van der Waals surface area contributed by atoms with Crippen LogP contribution in [0.25, 0.3) is 0 Å². The van der Waals surface area contributed by atoms with Gasteiger partial charge < -0.3 is 11.1 Å². The summed E-state index contributed by atoms with van der Waals surface area (Å²) < 4.78 is 0.845. The number of hydrogen-bond acceptors (Lipinski definition) is 2. The third-order valence-electron chi connectivity index (χ3n) is 4.59. The molecule has 4 heteroatoms. The van der Waals surface area contributed by atoms with Gasteiger partial charge in [0, 0.05) is 22.3 Å². The van der Waals surface area contributed by atoms with E-state index in [1.807, 2.05) is 6.07 Å². The first-order valence-electron chi connectivity index (χ1n) is 6.96. The minimum atomic E-state index is -0.0178. The van der Waals surface area contributed by atoms with Crippen molar-refractivity contribution in [1.29, 1.82) is 0 Å². The van der Waals surface area contributed by atoms with Gasteiger partial charge in [-0.3, -0.25) is 4.79 Å². The second kappa shape index (κ2) is 5.16. The molecule has 2 bridgehead atoms. The topological polar surface area (TPSA) is 55.1 Å². The number of halogens is 1. The van der Waals surface area contributed by atoms with E-state index >= 15 is 0 Å². The minimum Gasteiger partial charge on any atom is -0.399 e. The van der Waals surface area contributed by atoms with E-state index in [1.165, 1.54) is 25.7 Å². The zero-order valence-corrected chi connectivity index (χ0v) is 12.4. The highest BCUT2D eigenvalue weighted by Gasteiger charge is 2.39. The van der Waals surface area contributed by atoms with Crippen molar-refractivity contribution in [3.8, 4) is 0 Å². The molecule has 19 heavy (non-hydrogen) atoms. The van der Waals surface area contributed by atoms with Crippen LogP contribution in [0.3, 0.4) is 0 Å². The average molecular weight is 323 g/mol. The summed E-state index contributed by atoms with van der Waals surface area (Å²) in [5.74, 6) is 2.44. The Morgan fingerprint density at radius 1 is 1.32 bits per heavy atom. The number of carbonyl (C=O) groups excluding carboxylic acids is 1. The minimum absolute atomic E-state index is 0.0178. The largest absolute Gasteiger partial charge is 0.399 e. The Bertz CT molecular complexity index is 483. The van der Waals surface area contributed by atoms with Crippen LogP contribution in [0.4, 0.5) is 5.69 Å². The lowest BCUT2D eigenvalue weighted by molar-refractivity contribution is 0.0941. The monoisotopic (exact) mass is 322 g/mol. The quantitative estimate of drug-likeness (QED) is 0.839. The van der Waals surface area contributed by atoms with Gasteiger partial charge in [-0.1, -0.05) is 22.4 Å². The van der Waals surface area contributed by atoms with E-state index in [0.717, 1.165) is 22.9 Å². The van der Waals surface area contributed by atoms with Gasteiger partial charge in [0.15, 0.2) is 0 Å². The molecule has 2 saturated carbocycles. The number of rotatable bonds is 3. The molecule has 0 saturated heterocycles. The Morgan fingerprint density at radius 2 is 2.16 bits per heavy atom. The van der Waals surface area contributed by atoms with E-state index in [-0.39, 0.29) is 5.91 Å². The van der Waals surface area contributed by atoms with E-state index in [2.05, 4.69) is 21.2 Å². The van der Waals surface area contributed by atoms with E-state index in [0.29, 0.717) is 17.2 Å². The Hall–Kier alpha value is -1.03. The maximum Gasteiger partial charge on any atom is 0.251 e. The number of nitrogens with two attached hydrogens (primary N) is 1. The molecular weight excluding hydrogens is 304 g/mol. The molecule has 1 aromatic carbocycles. The fourth-order valence-corrected chi connectivity index (χ4v) is 4.21. The van der Waals surface area contributed by atoms with Crippen LogP contribution in [0.15, 0.2) is 22.7 Å². The Balaban J connectivity index is 1.59. The van der Waals surface area contributed by atoms with E-state index in [1.54, 1.807) is 12.1 Å². The second-order valence-corrected chi connectivity index (χ2v) is 6.83. The highest BCUT2D eigenvalue weighted by atomic mass is 79.9. The Kier molecular flexibility index (Phi) is 3.52. The molecule has 3 atom stereocenters. The van der Waals surface area contributed by atoms with Crippen LogP contribution in [-0.4, -0.2) is 12.5 Å². The zero-order valence-electron chi connectivity index (χ0n) is 10.9. The summed E-state index contributed by atoms with van der Waals surface area (Å²) in [5.41, 5.74) is 7.00. The number of benzene rings is 1. The van der Waals surface area contributed by atoms with Crippen LogP contribution >= 0.6 is 15.9 Å². The van der Waals surface area contributed by atoms with Crippen molar-refractivity contribution >= 4 is 27.5 Å². The molecule has 0 aromatic heterocycles. The van der Waals surface area contributed by atoms with Gasteiger partial charge in [0.2, 0.25) is 0 Å². The maximum absolute atomic E-state index is 12.1. The van der Waals surface area contributed by atoms with Crippen molar-refractivity contribution in [2.45, 2.75) is 25.7 Å². The molecule has 3 nitrogen and oxygen atoms in total. The van der Waals surface area contributed by atoms with Crippen LogP contribution < -0.4 is 11.1 Å². The standard InChI is InChI=1S/C15H19BrN2O/c16-13-5-11(6-14(17)7-13)15(19)18-8-12-4-9-1-2-10(12)3-9/h5-7,9-10,12H,1-4,8,17H2,(H,18,19). The molecule has 0 radical (unpaired) electrons. The third-order valence-corrected chi connectivity index (χ3v) is 5.05. The molecule has 2 aliphatic carbocycles. The van der Waals surface area contributed by atoms with Crippen molar-refractivity contribution < 1.29 is 4.79 Å². The fraction of sp³-hybridized carbons (Fsp3) is 0.533. The Labute approximate surface area is 122 Å². The SMILES string of the molecule is Nc1cc(Br)cc(C(=O)NCC2CC3CCC2C3)c1. The van der Waals surface area contributed by atoms with Gasteiger partial charge in [0.1, 0.15) is 0 Å². The van der Waals surface area contributed by atoms with Crippen LogP contribution in [0.5, 0.6) is 0 Å². The summed E-state index contributed by atoms with van der Waals surface area (Å²) >= 11 is 3.37. The zero-order chi connectivity index (χ0) is 13.4. The lowest BCUT2D eigenvalue weighted by Crippen LogP contribution is -2.31. The number of amides is 1. The Morgan fingerprint density at radius 3 is 2.79 bits per heavy atom. The smallest absolute Gasteiger partial charge is 0.251 e. The van der Waals surface area contributed by atoms with Crippen LogP contribution in [0.2, 0.25) is 0 Å². The molecular formula is C15H19BrN2O. The van der Waals surface area contributed by atoms with Crippen LogP contribution in [-0.2, 0) is 0 Å². The summed E-state index contributed by atoms with van der Waals surface area (Å²) in [5, 5.41) is 3.06. The van der Waals surface area contributed by atoms with Gasteiger partial charge in [0.05, 0.1) is 0 Å².